The number of unbranched alkanes of at least 4 members (excludes halogenated alkanes) is 3. The Morgan fingerprint density at radius 2 is 0.588 bits per heavy atom. The average molecular weight is 1620 g/mol. The molecule has 0 aliphatic carbocycles. The van der Waals surface area contributed by atoms with E-state index >= 15 is 0 Å². The molecule has 119 heavy (non-hydrogen) atoms. The second kappa shape index (κ2) is 42.3. The molecule has 3 N–H and O–H groups in total. The largest absolute Gasteiger partial charge is 0.392 e. The molecule has 0 atom stereocenters. The smallest absolute Gasteiger partial charge is 0.253 e. The molecule has 10 rings (SSSR count). The summed E-state index contributed by atoms with van der Waals surface area (Å²) in [6, 6.07) is 35.9. The first kappa shape index (κ1) is 98.6. The lowest BCUT2D eigenvalue weighted by Gasteiger charge is -2.26. The number of benzene rings is 5. The van der Waals surface area contributed by atoms with Gasteiger partial charge in [-0.1, -0.05) is 224 Å². The van der Waals surface area contributed by atoms with Crippen molar-refractivity contribution in [1.82, 2.24) is 22.8 Å². The van der Waals surface area contributed by atoms with E-state index in [0.29, 0.717) is 6.54 Å². The van der Waals surface area contributed by atoms with Crippen molar-refractivity contribution in [1.29, 1.82) is 0 Å². The van der Waals surface area contributed by atoms with Crippen molar-refractivity contribution in [2.24, 2.45) is 0 Å². The number of aryl methyl sites for hydroxylation is 13. The van der Waals surface area contributed by atoms with Crippen LogP contribution in [0.2, 0.25) is 0 Å². The molecule has 13 heteroatoms. The predicted octanol–water partition coefficient (Wildman–Crippen LogP) is 23.8. The first-order valence-electron chi connectivity index (χ1n) is 43.6. The van der Waals surface area contributed by atoms with E-state index in [2.05, 4.69) is 245 Å². The number of hydrogen-bond acceptors (Lipinski definition) is 8. The van der Waals surface area contributed by atoms with Crippen LogP contribution < -0.4 is 27.8 Å². The van der Waals surface area contributed by atoms with Gasteiger partial charge in [-0.05, 0) is 287 Å². The quantitative estimate of drug-likeness (QED) is 0.0638. The Morgan fingerprint density at radius 3 is 0.933 bits per heavy atom. The fourth-order valence-corrected chi connectivity index (χ4v) is 16.5. The first-order valence-corrected chi connectivity index (χ1v) is 43.6. The molecule has 644 valence electrons. The molecule has 0 bridgehead atoms. The Labute approximate surface area is 714 Å². The van der Waals surface area contributed by atoms with Crippen LogP contribution in [0, 0.1) is 69.2 Å². The van der Waals surface area contributed by atoms with Crippen molar-refractivity contribution >= 4 is 0 Å². The van der Waals surface area contributed by atoms with E-state index in [1.165, 1.54) is 66.8 Å². The molecule has 10 aromatic rings. The number of aromatic nitrogens is 5. The standard InChI is InChI=1S/C22H31NO2.2C21H29NO2.2C21H29NO/c1-7-8-9-23-13-18(11-16(3)21(23)25)17-10-15(2)20(22(4,5)6)19(12-17)14-24;1-7-8-22-12-16(9-15(3)20(22)24)18-10-14(2)19(21(4,5)6)11-17(18)13-23;1-7-8-22-12-17(10-15(3)20(22)24)16-9-14(2)19(21(4,5)6)18(11-16)13-23;1-7-8-13-22-14-19(15(2)16(3)20(22)23)17-9-11-18(12-10-17)21(4,5)6;1-7-8-11-22-14-18(13-16(3)20(22)23)17-9-10-19(15(2)12-17)21(4,5)6/h10-13,24H,7-9,14H2,1-6H3;2*9-12,23H,7-8,13H2,1-6H3;9-12,14H,7-8,13H2,1-6H3;9-10,12-14H,7-8,11H2,1-6H3. The van der Waals surface area contributed by atoms with Gasteiger partial charge in [-0.2, -0.15) is 0 Å². The summed E-state index contributed by atoms with van der Waals surface area (Å²) in [7, 11) is 0. The number of pyridine rings is 5. The lowest BCUT2D eigenvalue weighted by molar-refractivity contribution is 0.278. The van der Waals surface area contributed by atoms with Crippen LogP contribution in [0.15, 0.2) is 158 Å². The lowest BCUT2D eigenvalue weighted by atomic mass is 9.79. The van der Waals surface area contributed by atoms with E-state index in [1.807, 2.05) is 110 Å². The molecule has 0 saturated heterocycles. The summed E-state index contributed by atoms with van der Waals surface area (Å²) in [5, 5.41) is 29.6. The Morgan fingerprint density at radius 1 is 0.261 bits per heavy atom. The van der Waals surface area contributed by atoms with Crippen LogP contribution in [0.5, 0.6) is 0 Å². The molecule has 0 spiro atoms. The summed E-state index contributed by atoms with van der Waals surface area (Å²) in [6.07, 6.45) is 18.0. The maximum absolute atomic E-state index is 12.4. The molecule has 0 aliphatic rings. The van der Waals surface area contributed by atoms with Crippen LogP contribution >= 0.6 is 0 Å². The predicted molar refractivity (Wildman–Crippen MR) is 505 cm³/mol. The van der Waals surface area contributed by atoms with Crippen molar-refractivity contribution in [3.63, 3.8) is 0 Å². The molecule has 0 saturated carbocycles. The summed E-state index contributed by atoms with van der Waals surface area (Å²) in [4.78, 5) is 61.6. The number of aliphatic hydroxyl groups is 3. The van der Waals surface area contributed by atoms with Gasteiger partial charge in [-0.15, -0.1) is 0 Å². The summed E-state index contributed by atoms with van der Waals surface area (Å²) < 4.78 is 9.12. The molecular weight excluding hydrogens is 1470 g/mol. The highest BCUT2D eigenvalue weighted by molar-refractivity contribution is 5.72. The highest BCUT2D eigenvalue weighted by Crippen LogP contribution is 2.38. The van der Waals surface area contributed by atoms with Crippen LogP contribution in [0.25, 0.3) is 55.6 Å². The fourth-order valence-electron chi connectivity index (χ4n) is 16.5. The topological polar surface area (TPSA) is 171 Å². The number of hydrogen-bond donors (Lipinski definition) is 3. The highest BCUT2D eigenvalue weighted by Gasteiger charge is 2.26. The van der Waals surface area contributed by atoms with Gasteiger partial charge in [0.05, 0.1) is 19.8 Å². The molecule has 0 aliphatic heterocycles. The van der Waals surface area contributed by atoms with Crippen molar-refractivity contribution in [3.8, 4) is 55.6 Å². The second-order valence-electron chi connectivity index (χ2n) is 38.3. The van der Waals surface area contributed by atoms with E-state index in [9.17, 15) is 39.3 Å². The van der Waals surface area contributed by atoms with Crippen molar-refractivity contribution in [2.45, 2.75) is 339 Å². The van der Waals surface area contributed by atoms with Crippen LogP contribution in [-0.4, -0.2) is 38.2 Å². The third-order valence-electron chi connectivity index (χ3n) is 22.6. The molecule has 13 nitrogen and oxygen atoms in total. The SMILES string of the molecule is CCCCn1cc(-c2cc(C)c(C(C)(C)C)c(CO)c2)cc(C)c1=O.CCCCn1cc(-c2ccc(C(C)(C)C)c(C)c2)cc(C)c1=O.CCCCn1cc(-c2ccc(C(C)(C)C)cc2)c(C)c(C)c1=O.CCCn1cc(-c2cc(C)c(C(C)(C)C)c(CO)c2)cc(C)c1=O.CCCn1cc(-c2cc(C)c(C(C)(C)C)cc2CO)cc(C)c1=O. The third kappa shape index (κ3) is 25.7. The van der Waals surface area contributed by atoms with Crippen LogP contribution in [-0.2, 0) is 79.6 Å². The van der Waals surface area contributed by atoms with Gasteiger partial charge in [0.1, 0.15) is 0 Å². The maximum atomic E-state index is 12.4. The Kier molecular flexibility index (Phi) is 35.0. The van der Waals surface area contributed by atoms with Gasteiger partial charge in [0.15, 0.2) is 0 Å². The molecule has 0 unspecified atom stereocenters. The second-order valence-corrected chi connectivity index (χ2v) is 38.3. The lowest BCUT2D eigenvalue weighted by Crippen LogP contribution is -2.23. The fraction of sp³-hybridized carbons (Fsp3) is 0.481. The highest BCUT2D eigenvalue weighted by atomic mass is 16.3. The average Bonchev–Trinajstić information content (AvgIpc) is 0.827. The number of aliphatic hydroxyl groups excluding tert-OH is 3. The van der Waals surface area contributed by atoms with E-state index < -0.39 is 0 Å². The summed E-state index contributed by atoms with van der Waals surface area (Å²) >= 11 is 0. The van der Waals surface area contributed by atoms with Gasteiger partial charge in [0.25, 0.3) is 27.8 Å². The van der Waals surface area contributed by atoms with Crippen molar-refractivity contribution in [3.05, 3.63) is 286 Å². The van der Waals surface area contributed by atoms with Gasteiger partial charge >= 0.3 is 0 Å². The minimum absolute atomic E-state index is 0.00928. The van der Waals surface area contributed by atoms with E-state index in [1.54, 1.807) is 9.13 Å². The summed E-state index contributed by atoms with van der Waals surface area (Å²) in [5.41, 5.74) is 30.7. The molecular formula is C106H147N5O8. The van der Waals surface area contributed by atoms with E-state index in [-0.39, 0.29) is 74.7 Å². The molecule has 0 fully saturated rings. The molecule has 0 amide bonds. The van der Waals surface area contributed by atoms with Gasteiger partial charge < -0.3 is 38.2 Å². The monoisotopic (exact) mass is 1620 g/mol. The van der Waals surface area contributed by atoms with Gasteiger partial charge in [0.2, 0.25) is 0 Å². The summed E-state index contributed by atoms with van der Waals surface area (Å²) in [5.74, 6) is 0. The minimum Gasteiger partial charge on any atom is -0.392 e. The normalized spacial score (nSPS) is 11.8. The summed E-state index contributed by atoms with van der Waals surface area (Å²) in [6.45, 7) is 67.3. The van der Waals surface area contributed by atoms with Crippen LogP contribution in [0.3, 0.4) is 0 Å². The molecule has 5 heterocycles. The van der Waals surface area contributed by atoms with E-state index in [0.717, 1.165) is 167 Å². The number of rotatable bonds is 21. The zero-order valence-electron chi connectivity index (χ0n) is 78.6. The van der Waals surface area contributed by atoms with Crippen molar-refractivity contribution < 1.29 is 15.3 Å². The van der Waals surface area contributed by atoms with E-state index in [4.69, 9.17) is 0 Å². The first-order chi connectivity index (χ1) is 55.5. The van der Waals surface area contributed by atoms with Crippen LogP contribution in [0.1, 0.15) is 290 Å². The van der Waals surface area contributed by atoms with Gasteiger partial charge in [-0.3, -0.25) is 24.0 Å². The third-order valence-corrected chi connectivity index (χ3v) is 22.6. The minimum atomic E-state index is -0.0174. The van der Waals surface area contributed by atoms with Gasteiger partial charge in [0, 0.05) is 97.1 Å². The molecule has 5 aromatic heterocycles. The molecule has 5 aromatic carbocycles. The maximum Gasteiger partial charge on any atom is 0.253 e. The van der Waals surface area contributed by atoms with Gasteiger partial charge in [-0.25, -0.2) is 0 Å². The zero-order valence-corrected chi connectivity index (χ0v) is 78.6. The number of nitrogens with zero attached hydrogens (tertiary/aromatic N) is 5. The molecule has 0 radical (unpaired) electrons. The Bertz CT molecular complexity index is 5440. The Balaban J connectivity index is 0.000000231. The zero-order chi connectivity index (χ0) is 89.3. The Hall–Kier alpha value is -9.27. The van der Waals surface area contributed by atoms with Crippen LogP contribution in [0.4, 0.5) is 0 Å². The van der Waals surface area contributed by atoms with Crippen molar-refractivity contribution in [2.75, 3.05) is 0 Å².